The standard InChI is InChI=1S/C31H38F2N2O8S/c1-19(2)29-31(44(41,42)34-15-4-5-27(40)43-3)28(20-6-10-22(32)11-7-20)30(21-8-12-23(33)13-9-21)35(29)16-14-24(36)17-25(37)18-26(38)39/h6-13,19,24-25,34,36-37H,4-5,14-18H2,1-3H3,(H,38,39)/t24-,25-/m1/s1. The van der Waals surface area contributed by atoms with Gasteiger partial charge in [-0.1, -0.05) is 26.0 Å². The fourth-order valence-electron chi connectivity index (χ4n) is 5.09. The summed E-state index contributed by atoms with van der Waals surface area (Å²) in [5.41, 5.74) is 1.82. The second-order valence-electron chi connectivity index (χ2n) is 10.8. The van der Waals surface area contributed by atoms with E-state index in [1.165, 1.54) is 55.6 Å². The monoisotopic (exact) mass is 636 g/mol. The van der Waals surface area contributed by atoms with Crippen LogP contribution in [-0.4, -0.2) is 66.1 Å². The highest BCUT2D eigenvalue weighted by Gasteiger charge is 2.34. The Bertz CT molecular complexity index is 1540. The maximum Gasteiger partial charge on any atom is 0.305 e. The molecule has 2 atom stereocenters. The molecule has 3 rings (SSSR count). The van der Waals surface area contributed by atoms with Crippen molar-refractivity contribution in [2.75, 3.05) is 13.7 Å². The molecule has 0 radical (unpaired) electrons. The summed E-state index contributed by atoms with van der Waals surface area (Å²) in [5.74, 6) is -3.15. The molecule has 13 heteroatoms. The number of aliphatic carboxylic acids is 1. The van der Waals surface area contributed by atoms with Gasteiger partial charge in [0.15, 0.2) is 0 Å². The van der Waals surface area contributed by atoms with Crippen molar-refractivity contribution in [3.63, 3.8) is 0 Å². The van der Waals surface area contributed by atoms with Crippen molar-refractivity contribution in [2.24, 2.45) is 0 Å². The minimum atomic E-state index is -4.28. The first-order valence-electron chi connectivity index (χ1n) is 14.2. The van der Waals surface area contributed by atoms with E-state index in [1.54, 1.807) is 18.4 Å². The lowest BCUT2D eigenvalue weighted by molar-refractivity contribution is -0.141. The zero-order valence-corrected chi connectivity index (χ0v) is 25.6. The van der Waals surface area contributed by atoms with Gasteiger partial charge in [0.1, 0.15) is 16.5 Å². The average molecular weight is 637 g/mol. The Labute approximate surface area is 255 Å². The molecule has 4 N–H and O–H groups in total. The van der Waals surface area contributed by atoms with Gasteiger partial charge >= 0.3 is 11.9 Å². The smallest absolute Gasteiger partial charge is 0.305 e. The number of ether oxygens (including phenoxy) is 1. The van der Waals surface area contributed by atoms with Crippen LogP contribution in [0.4, 0.5) is 8.78 Å². The summed E-state index contributed by atoms with van der Waals surface area (Å²) >= 11 is 0. The SMILES string of the molecule is COC(=O)CCCNS(=O)(=O)c1c(-c2ccc(F)cc2)c(-c2ccc(F)cc2)n(CC[C@@H](O)C[C@@H](O)CC(=O)O)c1C(C)C. The van der Waals surface area contributed by atoms with E-state index >= 15 is 0 Å². The summed E-state index contributed by atoms with van der Waals surface area (Å²) < 4.78 is 65.0. The van der Waals surface area contributed by atoms with Crippen molar-refractivity contribution in [3.05, 3.63) is 65.9 Å². The molecule has 0 bridgehead atoms. The van der Waals surface area contributed by atoms with Crippen LogP contribution in [0.25, 0.3) is 22.4 Å². The minimum absolute atomic E-state index is 0.00562. The maximum absolute atomic E-state index is 14.1. The lowest BCUT2D eigenvalue weighted by Gasteiger charge is -2.20. The largest absolute Gasteiger partial charge is 0.481 e. The number of carboxylic acids is 1. The van der Waals surface area contributed by atoms with Crippen LogP contribution in [-0.2, 0) is 30.9 Å². The zero-order chi connectivity index (χ0) is 32.6. The van der Waals surface area contributed by atoms with Gasteiger partial charge in [-0.15, -0.1) is 0 Å². The molecule has 0 unspecified atom stereocenters. The second-order valence-corrected chi connectivity index (χ2v) is 12.5. The van der Waals surface area contributed by atoms with Gasteiger partial charge in [0.2, 0.25) is 10.0 Å². The summed E-state index contributed by atoms with van der Waals surface area (Å²) in [6, 6.07) is 10.7. The lowest BCUT2D eigenvalue weighted by Crippen LogP contribution is -2.27. The van der Waals surface area contributed by atoms with E-state index in [1.807, 2.05) is 0 Å². The number of sulfonamides is 1. The van der Waals surface area contributed by atoms with Crippen molar-refractivity contribution in [1.82, 2.24) is 9.29 Å². The first kappa shape index (κ1) is 34.8. The Morgan fingerprint density at radius 1 is 0.955 bits per heavy atom. The van der Waals surface area contributed by atoms with Crippen LogP contribution >= 0.6 is 0 Å². The highest BCUT2D eigenvalue weighted by molar-refractivity contribution is 7.89. The van der Waals surface area contributed by atoms with E-state index in [9.17, 15) is 37.0 Å². The van der Waals surface area contributed by atoms with Crippen molar-refractivity contribution < 1.29 is 46.8 Å². The molecule has 0 aliphatic carbocycles. The number of carboxylic acid groups (broad SMARTS) is 1. The summed E-state index contributed by atoms with van der Waals surface area (Å²) in [6.45, 7) is 3.55. The van der Waals surface area contributed by atoms with Crippen LogP contribution < -0.4 is 4.72 Å². The third-order valence-corrected chi connectivity index (χ3v) is 8.58. The molecule has 0 saturated carbocycles. The molecule has 2 aromatic carbocycles. The first-order valence-corrected chi connectivity index (χ1v) is 15.7. The van der Waals surface area contributed by atoms with Gasteiger partial charge in [0.05, 0.1) is 31.4 Å². The number of hydrogen-bond donors (Lipinski definition) is 4. The number of esters is 1. The van der Waals surface area contributed by atoms with E-state index in [4.69, 9.17) is 5.11 Å². The molecule has 3 aromatic rings. The molecule has 0 saturated heterocycles. The normalized spacial score (nSPS) is 13.2. The Morgan fingerprint density at radius 2 is 1.52 bits per heavy atom. The van der Waals surface area contributed by atoms with Crippen LogP contribution in [0.2, 0.25) is 0 Å². The molecule has 0 aliphatic heterocycles. The summed E-state index contributed by atoms with van der Waals surface area (Å²) in [5, 5.41) is 29.7. The molecular weight excluding hydrogens is 598 g/mol. The van der Waals surface area contributed by atoms with Crippen LogP contribution in [0.15, 0.2) is 53.4 Å². The van der Waals surface area contributed by atoms with Gasteiger partial charge in [-0.2, -0.15) is 0 Å². The van der Waals surface area contributed by atoms with Gasteiger partial charge in [-0.25, -0.2) is 21.9 Å². The molecule has 1 heterocycles. The molecule has 44 heavy (non-hydrogen) atoms. The van der Waals surface area contributed by atoms with Crippen LogP contribution in [0, 0.1) is 11.6 Å². The lowest BCUT2D eigenvalue weighted by atomic mass is 10.00. The van der Waals surface area contributed by atoms with Crippen molar-refractivity contribution in [1.29, 1.82) is 0 Å². The average Bonchev–Trinajstić information content (AvgIpc) is 3.30. The Hall–Kier alpha value is -3.65. The molecule has 0 aliphatic rings. The van der Waals surface area contributed by atoms with Crippen LogP contribution in [0.5, 0.6) is 0 Å². The fraction of sp³-hybridized carbons (Fsp3) is 0.419. The van der Waals surface area contributed by atoms with E-state index in [0.29, 0.717) is 22.5 Å². The highest BCUT2D eigenvalue weighted by atomic mass is 32.2. The van der Waals surface area contributed by atoms with Gasteiger partial charge in [0.25, 0.3) is 0 Å². The molecule has 0 spiro atoms. The predicted molar refractivity (Wildman–Crippen MR) is 159 cm³/mol. The van der Waals surface area contributed by atoms with Crippen molar-refractivity contribution >= 4 is 22.0 Å². The number of methoxy groups -OCH3 is 1. The maximum atomic E-state index is 14.1. The number of aromatic nitrogens is 1. The minimum Gasteiger partial charge on any atom is -0.481 e. The van der Waals surface area contributed by atoms with Gasteiger partial charge < -0.3 is 24.6 Å². The van der Waals surface area contributed by atoms with Gasteiger partial charge in [-0.3, -0.25) is 9.59 Å². The number of rotatable bonds is 16. The van der Waals surface area contributed by atoms with E-state index in [2.05, 4.69) is 9.46 Å². The molecule has 240 valence electrons. The number of halogens is 2. The first-order chi connectivity index (χ1) is 20.7. The van der Waals surface area contributed by atoms with Crippen LogP contribution in [0.1, 0.15) is 57.6 Å². The van der Waals surface area contributed by atoms with Gasteiger partial charge in [0, 0.05) is 30.8 Å². The highest BCUT2D eigenvalue weighted by Crippen LogP contribution is 2.44. The van der Waals surface area contributed by atoms with E-state index in [0.717, 1.165) is 0 Å². The van der Waals surface area contributed by atoms with E-state index in [-0.39, 0.29) is 49.2 Å². The Kier molecular flexibility index (Phi) is 12.2. The topological polar surface area (TPSA) is 155 Å². The third-order valence-electron chi connectivity index (χ3n) is 7.04. The quantitative estimate of drug-likeness (QED) is 0.133. The van der Waals surface area contributed by atoms with E-state index < -0.39 is 58.1 Å². The number of aliphatic hydroxyl groups is 2. The summed E-state index contributed by atoms with van der Waals surface area (Å²) in [4.78, 5) is 22.4. The van der Waals surface area contributed by atoms with Crippen molar-refractivity contribution in [2.45, 2.75) is 75.5 Å². The fourth-order valence-corrected chi connectivity index (χ4v) is 6.75. The van der Waals surface area contributed by atoms with Crippen molar-refractivity contribution in [3.8, 4) is 22.4 Å². The molecular formula is C31H38F2N2O8S. The number of nitrogens with one attached hydrogen (secondary N) is 1. The molecule has 1 aromatic heterocycles. The molecule has 0 amide bonds. The second kappa shape index (κ2) is 15.4. The number of aliphatic hydroxyl groups excluding tert-OH is 2. The summed E-state index contributed by atoms with van der Waals surface area (Å²) in [7, 11) is -3.04. The van der Waals surface area contributed by atoms with Crippen LogP contribution in [0.3, 0.4) is 0 Å². The molecule has 0 fully saturated rings. The predicted octanol–water partition coefficient (Wildman–Crippen LogP) is 4.43. The number of benzene rings is 2. The van der Waals surface area contributed by atoms with Gasteiger partial charge in [-0.05, 0) is 72.7 Å². The number of carbonyl (C=O) groups excluding carboxylic acids is 1. The number of carbonyl (C=O) groups is 2. The third kappa shape index (κ3) is 8.94. The zero-order valence-electron chi connectivity index (χ0n) is 24.8. The summed E-state index contributed by atoms with van der Waals surface area (Å²) in [6.07, 6.45) is -2.98. The number of hydrogen-bond acceptors (Lipinski definition) is 7. The Morgan fingerprint density at radius 3 is 2.05 bits per heavy atom. The molecule has 10 nitrogen and oxygen atoms in total. The number of nitrogens with zero attached hydrogens (tertiary/aromatic N) is 1. The Balaban J connectivity index is 2.23.